The van der Waals surface area contributed by atoms with Gasteiger partial charge in [-0.05, 0) is 36.8 Å². The molecule has 0 fully saturated rings. The SMILES string of the molecule is Cc1ccc(NC(=O)COC(=O)Cc2ccc(Br)cc2)cc1. The van der Waals surface area contributed by atoms with Gasteiger partial charge in [-0.15, -0.1) is 0 Å². The average molecular weight is 362 g/mol. The molecule has 0 unspecified atom stereocenters. The summed E-state index contributed by atoms with van der Waals surface area (Å²) in [7, 11) is 0. The molecule has 22 heavy (non-hydrogen) atoms. The number of rotatable bonds is 5. The van der Waals surface area contributed by atoms with Crippen molar-refractivity contribution in [1.29, 1.82) is 0 Å². The van der Waals surface area contributed by atoms with Gasteiger partial charge in [0.15, 0.2) is 6.61 Å². The van der Waals surface area contributed by atoms with Crippen molar-refractivity contribution < 1.29 is 14.3 Å². The minimum absolute atomic E-state index is 0.144. The molecule has 0 aromatic heterocycles. The first-order valence-corrected chi connectivity index (χ1v) is 7.59. The number of ether oxygens (including phenoxy) is 1. The largest absolute Gasteiger partial charge is 0.455 e. The first kappa shape index (κ1) is 16.2. The van der Waals surface area contributed by atoms with Crippen LogP contribution in [0.1, 0.15) is 11.1 Å². The number of amides is 1. The molecule has 4 nitrogen and oxygen atoms in total. The van der Waals surface area contributed by atoms with Gasteiger partial charge >= 0.3 is 5.97 Å². The van der Waals surface area contributed by atoms with Crippen LogP contribution >= 0.6 is 15.9 Å². The van der Waals surface area contributed by atoms with Crippen LogP contribution in [-0.4, -0.2) is 18.5 Å². The molecule has 0 saturated heterocycles. The molecule has 0 aliphatic rings. The molecule has 5 heteroatoms. The standard InChI is InChI=1S/C17H16BrNO3/c1-12-2-8-15(9-3-12)19-16(20)11-22-17(21)10-13-4-6-14(18)7-5-13/h2-9H,10-11H2,1H3,(H,19,20). The number of esters is 1. The molecule has 0 radical (unpaired) electrons. The summed E-state index contributed by atoms with van der Waals surface area (Å²) in [6.45, 7) is 1.68. The normalized spacial score (nSPS) is 10.1. The summed E-state index contributed by atoms with van der Waals surface area (Å²) >= 11 is 3.33. The van der Waals surface area contributed by atoms with E-state index in [-0.39, 0.29) is 18.9 Å². The molecule has 0 atom stereocenters. The molecule has 0 aliphatic heterocycles. The maximum Gasteiger partial charge on any atom is 0.310 e. The molecule has 114 valence electrons. The fraction of sp³-hybridized carbons (Fsp3) is 0.176. The van der Waals surface area contributed by atoms with Crippen LogP contribution in [0.25, 0.3) is 0 Å². The Bertz CT molecular complexity index is 591. The number of carbonyl (C=O) groups is 2. The van der Waals surface area contributed by atoms with Crippen molar-refractivity contribution in [1.82, 2.24) is 0 Å². The minimum Gasteiger partial charge on any atom is -0.455 e. The zero-order chi connectivity index (χ0) is 15.9. The molecular weight excluding hydrogens is 346 g/mol. The number of halogens is 1. The van der Waals surface area contributed by atoms with Crippen LogP contribution in [0.4, 0.5) is 5.69 Å². The fourth-order valence-corrected chi connectivity index (χ4v) is 2.06. The van der Waals surface area contributed by atoms with E-state index in [2.05, 4.69) is 21.2 Å². The van der Waals surface area contributed by atoms with Crippen molar-refractivity contribution in [2.75, 3.05) is 11.9 Å². The maximum atomic E-state index is 11.7. The third kappa shape index (κ3) is 5.33. The molecule has 1 amide bonds. The number of benzene rings is 2. The lowest BCUT2D eigenvalue weighted by atomic mass is 10.2. The van der Waals surface area contributed by atoms with E-state index in [1.165, 1.54) is 0 Å². The highest BCUT2D eigenvalue weighted by Gasteiger charge is 2.09. The lowest BCUT2D eigenvalue weighted by Gasteiger charge is -2.07. The molecule has 1 N–H and O–H groups in total. The minimum atomic E-state index is -0.429. The van der Waals surface area contributed by atoms with Crippen molar-refractivity contribution in [3.63, 3.8) is 0 Å². The van der Waals surface area contributed by atoms with Gasteiger partial charge in [0, 0.05) is 10.2 Å². The fourth-order valence-electron chi connectivity index (χ4n) is 1.80. The van der Waals surface area contributed by atoms with E-state index in [9.17, 15) is 9.59 Å². The van der Waals surface area contributed by atoms with E-state index in [0.717, 1.165) is 15.6 Å². The molecule has 0 aliphatic carbocycles. The van der Waals surface area contributed by atoms with Crippen molar-refractivity contribution in [2.45, 2.75) is 13.3 Å². The highest BCUT2D eigenvalue weighted by atomic mass is 79.9. The van der Waals surface area contributed by atoms with Crippen LogP contribution in [0, 0.1) is 6.92 Å². The van der Waals surface area contributed by atoms with Crippen LogP contribution in [-0.2, 0) is 20.7 Å². The summed E-state index contributed by atoms with van der Waals surface area (Å²) in [5.41, 5.74) is 2.63. The highest BCUT2D eigenvalue weighted by molar-refractivity contribution is 9.10. The van der Waals surface area contributed by atoms with Gasteiger partial charge in [0.1, 0.15) is 0 Å². The lowest BCUT2D eigenvalue weighted by molar-refractivity contribution is -0.146. The molecular formula is C17H16BrNO3. The average Bonchev–Trinajstić information content (AvgIpc) is 2.50. The zero-order valence-corrected chi connectivity index (χ0v) is 13.7. The summed E-state index contributed by atoms with van der Waals surface area (Å²) in [6, 6.07) is 14.8. The van der Waals surface area contributed by atoms with Gasteiger partial charge in [0.2, 0.25) is 0 Å². The Morgan fingerprint density at radius 1 is 1.05 bits per heavy atom. The Labute approximate surface area is 137 Å². The van der Waals surface area contributed by atoms with Crippen molar-refractivity contribution in [3.8, 4) is 0 Å². The third-order valence-electron chi connectivity index (χ3n) is 2.96. The number of hydrogen-bond donors (Lipinski definition) is 1. The van der Waals surface area contributed by atoms with Crippen molar-refractivity contribution in [3.05, 3.63) is 64.1 Å². The summed E-state index contributed by atoms with van der Waals surface area (Å²) in [4.78, 5) is 23.4. The molecule has 0 bridgehead atoms. The van der Waals surface area contributed by atoms with E-state index in [1.54, 1.807) is 12.1 Å². The van der Waals surface area contributed by atoms with Gasteiger partial charge in [-0.1, -0.05) is 45.8 Å². The Morgan fingerprint density at radius 2 is 1.68 bits per heavy atom. The Hall–Kier alpha value is -2.14. The molecule has 2 aromatic rings. The number of nitrogens with one attached hydrogen (secondary N) is 1. The van der Waals surface area contributed by atoms with Crippen LogP contribution < -0.4 is 5.32 Å². The maximum absolute atomic E-state index is 11.7. The van der Waals surface area contributed by atoms with Gasteiger partial charge in [-0.25, -0.2) is 0 Å². The molecule has 0 saturated carbocycles. The summed E-state index contributed by atoms with van der Waals surface area (Å²) < 4.78 is 5.92. The third-order valence-corrected chi connectivity index (χ3v) is 3.49. The van der Waals surface area contributed by atoms with Crippen LogP contribution in [0.2, 0.25) is 0 Å². The smallest absolute Gasteiger partial charge is 0.310 e. The van der Waals surface area contributed by atoms with Crippen LogP contribution in [0.15, 0.2) is 53.0 Å². The van der Waals surface area contributed by atoms with E-state index in [1.807, 2.05) is 43.3 Å². The summed E-state index contributed by atoms with van der Waals surface area (Å²) in [6.07, 6.45) is 0.144. The van der Waals surface area contributed by atoms with Gasteiger partial charge < -0.3 is 10.1 Å². The number of aryl methyl sites for hydroxylation is 1. The van der Waals surface area contributed by atoms with Crippen LogP contribution in [0.3, 0.4) is 0 Å². The molecule has 0 spiro atoms. The first-order chi connectivity index (χ1) is 10.5. The molecule has 0 heterocycles. The second-order valence-electron chi connectivity index (χ2n) is 4.88. The summed E-state index contributed by atoms with van der Waals surface area (Å²) in [5, 5.41) is 2.67. The quantitative estimate of drug-likeness (QED) is 0.829. The van der Waals surface area contributed by atoms with Gasteiger partial charge in [0.05, 0.1) is 6.42 Å². The highest BCUT2D eigenvalue weighted by Crippen LogP contribution is 2.11. The second-order valence-corrected chi connectivity index (χ2v) is 5.79. The Morgan fingerprint density at radius 3 is 2.32 bits per heavy atom. The van der Waals surface area contributed by atoms with E-state index >= 15 is 0 Å². The topological polar surface area (TPSA) is 55.4 Å². The number of carbonyl (C=O) groups excluding carboxylic acids is 2. The molecule has 2 rings (SSSR count). The zero-order valence-electron chi connectivity index (χ0n) is 12.1. The predicted octanol–water partition coefficient (Wildman–Crippen LogP) is 3.48. The van der Waals surface area contributed by atoms with Gasteiger partial charge in [-0.2, -0.15) is 0 Å². The Balaban J connectivity index is 1.76. The van der Waals surface area contributed by atoms with Crippen molar-refractivity contribution in [2.24, 2.45) is 0 Å². The van der Waals surface area contributed by atoms with E-state index in [0.29, 0.717) is 5.69 Å². The first-order valence-electron chi connectivity index (χ1n) is 6.79. The predicted molar refractivity (Wildman–Crippen MR) is 88.6 cm³/mol. The van der Waals surface area contributed by atoms with E-state index < -0.39 is 5.97 Å². The Kier molecular flexibility index (Phi) is 5.72. The van der Waals surface area contributed by atoms with Crippen LogP contribution in [0.5, 0.6) is 0 Å². The monoisotopic (exact) mass is 361 g/mol. The van der Waals surface area contributed by atoms with E-state index in [4.69, 9.17) is 4.74 Å². The summed E-state index contributed by atoms with van der Waals surface area (Å²) in [5.74, 6) is -0.783. The number of hydrogen-bond acceptors (Lipinski definition) is 3. The number of anilines is 1. The molecule has 2 aromatic carbocycles. The van der Waals surface area contributed by atoms with Crippen molar-refractivity contribution >= 4 is 33.5 Å². The second kappa shape index (κ2) is 7.75. The van der Waals surface area contributed by atoms with Gasteiger partial charge in [0.25, 0.3) is 5.91 Å². The van der Waals surface area contributed by atoms with Gasteiger partial charge in [-0.3, -0.25) is 9.59 Å². The lowest BCUT2D eigenvalue weighted by Crippen LogP contribution is -2.21.